The van der Waals surface area contributed by atoms with Crippen molar-refractivity contribution in [2.45, 2.75) is 29.9 Å². The van der Waals surface area contributed by atoms with Crippen LogP contribution in [-0.4, -0.2) is 20.3 Å². The fourth-order valence-corrected chi connectivity index (χ4v) is 2.77. The molecule has 1 rings (SSSR count). The van der Waals surface area contributed by atoms with Crippen molar-refractivity contribution in [1.82, 2.24) is 0 Å². The number of alkyl halides is 3. The number of hydrogen-bond acceptors (Lipinski definition) is 2. The molecule has 0 fully saturated rings. The van der Waals surface area contributed by atoms with Crippen molar-refractivity contribution in [3.05, 3.63) is 29.8 Å². The second kappa shape index (κ2) is 4.68. The maximum absolute atomic E-state index is 13.1. The summed E-state index contributed by atoms with van der Waals surface area (Å²) < 4.78 is 61.6. The largest absolute Gasteiger partial charge is 0.377 e. The van der Waals surface area contributed by atoms with Gasteiger partial charge in [0.05, 0.1) is 4.90 Å². The first-order valence-corrected chi connectivity index (χ1v) is 6.49. The molecule has 0 heterocycles. The van der Waals surface area contributed by atoms with Crippen molar-refractivity contribution < 1.29 is 21.6 Å². The smallest absolute Gasteiger partial charge is 0.243 e. The molecule has 0 N–H and O–H groups in total. The molecule has 6 heteroatoms. The zero-order valence-corrected chi connectivity index (χ0v) is 10.3. The lowest BCUT2D eigenvalue weighted by atomic mass is 10.0. The maximum atomic E-state index is 13.1. The number of sulfone groups is 1. The first-order chi connectivity index (χ1) is 7.74. The van der Waals surface area contributed by atoms with Crippen molar-refractivity contribution in [1.29, 1.82) is 0 Å². The highest BCUT2D eigenvalue weighted by Gasteiger charge is 2.47. The Balaban J connectivity index is 3.45. The van der Waals surface area contributed by atoms with Crippen LogP contribution in [0.5, 0.6) is 0 Å². The molecule has 0 atom stereocenters. The summed E-state index contributed by atoms with van der Waals surface area (Å²) in [6.45, 7) is 1.14. The molecule has 0 saturated carbocycles. The van der Waals surface area contributed by atoms with Gasteiger partial charge in [-0.1, -0.05) is 32.0 Å². The molecule has 0 aromatic heterocycles. The van der Waals surface area contributed by atoms with Crippen LogP contribution in [0.3, 0.4) is 0 Å². The molecular formula is C11H13F3O2S. The molecule has 0 radical (unpaired) electrons. The predicted molar refractivity (Wildman–Crippen MR) is 58.6 cm³/mol. The van der Waals surface area contributed by atoms with Crippen LogP contribution in [0, 0.1) is 0 Å². The zero-order valence-electron chi connectivity index (χ0n) is 9.45. The van der Waals surface area contributed by atoms with E-state index in [4.69, 9.17) is 0 Å². The average Bonchev–Trinajstić information content (AvgIpc) is 2.28. The van der Waals surface area contributed by atoms with Gasteiger partial charge in [-0.3, -0.25) is 0 Å². The molecule has 2 nitrogen and oxygen atoms in total. The summed E-state index contributed by atoms with van der Waals surface area (Å²) in [4.78, 5) is -0.502. The fraction of sp³-hybridized carbons (Fsp3) is 0.455. The van der Waals surface area contributed by atoms with Gasteiger partial charge in [0.2, 0.25) is 9.84 Å². The van der Waals surface area contributed by atoms with Crippen LogP contribution in [0.2, 0.25) is 0 Å². The van der Waals surface area contributed by atoms with E-state index in [1.165, 1.54) is 12.1 Å². The first kappa shape index (κ1) is 14.0. The van der Waals surface area contributed by atoms with Crippen molar-refractivity contribution in [2.75, 3.05) is 6.67 Å². The van der Waals surface area contributed by atoms with Gasteiger partial charge in [-0.05, 0) is 17.5 Å². The summed E-state index contributed by atoms with van der Waals surface area (Å²) in [5.41, 5.74) is 0.264. The third kappa shape index (κ3) is 2.46. The highest BCUT2D eigenvalue weighted by molar-refractivity contribution is 7.92. The van der Waals surface area contributed by atoms with Crippen LogP contribution in [0.15, 0.2) is 29.2 Å². The van der Waals surface area contributed by atoms with E-state index >= 15 is 0 Å². The van der Waals surface area contributed by atoms with E-state index in [-0.39, 0.29) is 11.5 Å². The summed E-state index contributed by atoms with van der Waals surface area (Å²) in [6, 6.07) is 5.43. The van der Waals surface area contributed by atoms with Crippen molar-refractivity contribution in [3.63, 3.8) is 0 Å². The number of halogens is 3. The number of benzene rings is 1. The minimum Gasteiger partial charge on any atom is -0.243 e. The van der Waals surface area contributed by atoms with Crippen LogP contribution in [0.1, 0.15) is 25.3 Å². The summed E-state index contributed by atoms with van der Waals surface area (Å²) in [5, 5.41) is -4.38. The Morgan fingerprint density at radius 1 is 1.24 bits per heavy atom. The van der Waals surface area contributed by atoms with Crippen LogP contribution < -0.4 is 0 Å². The van der Waals surface area contributed by atoms with Gasteiger partial charge in [0.15, 0.2) is 6.67 Å². The third-order valence-corrected chi connectivity index (χ3v) is 4.23. The van der Waals surface area contributed by atoms with E-state index in [1.807, 2.05) is 0 Å². The van der Waals surface area contributed by atoms with Gasteiger partial charge in [-0.2, -0.15) is 8.78 Å². The molecule has 0 aliphatic heterocycles. The lowest BCUT2D eigenvalue weighted by Gasteiger charge is -2.17. The van der Waals surface area contributed by atoms with Gasteiger partial charge in [0.25, 0.3) is 0 Å². The second-order valence-corrected chi connectivity index (χ2v) is 6.01. The molecule has 0 aliphatic carbocycles. The van der Waals surface area contributed by atoms with Crippen molar-refractivity contribution >= 4 is 9.84 Å². The van der Waals surface area contributed by atoms with E-state index in [0.717, 1.165) is 6.07 Å². The van der Waals surface area contributed by atoms with E-state index in [9.17, 15) is 21.6 Å². The molecule has 0 spiro atoms. The maximum Gasteiger partial charge on any atom is 0.377 e. The zero-order chi connectivity index (χ0) is 13.3. The van der Waals surface area contributed by atoms with Gasteiger partial charge in [-0.15, -0.1) is 0 Å². The Morgan fingerprint density at radius 2 is 1.76 bits per heavy atom. The van der Waals surface area contributed by atoms with Crippen LogP contribution in [0.4, 0.5) is 13.2 Å². The molecule has 1 aromatic carbocycles. The highest BCUT2D eigenvalue weighted by Crippen LogP contribution is 2.33. The quantitative estimate of drug-likeness (QED) is 0.839. The van der Waals surface area contributed by atoms with E-state index < -0.39 is 26.7 Å². The minimum absolute atomic E-state index is 0.239. The van der Waals surface area contributed by atoms with Gasteiger partial charge in [-0.25, -0.2) is 12.8 Å². The Morgan fingerprint density at radius 3 is 2.24 bits per heavy atom. The van der Waals surface area contributed by atoms with Crippen LogP contribution in [-0.2, 0) is 9.84 Å². The van der Waals surface area contributed by atoms with Gasteiger partial charge in [0, 0.05) is 0 Å². The van der Waals surface area contributed by atoms with Gasteiger partial charge in [0.1, 0.15) is 0 Å². The average molecular weight is 266 g/mol. The lowest BCUT2D eigenvalue weighted by molar-refractivity contribution is 0.0619. The Hall–Kier alpha value is -1.04. The summed E-state index contributed by atoms with van der Waals surface area (Å²) in [5.74, 6) is -0.239. The molecule has 0 amide bonds. The topological polar surface area (TPSA) is 34.1 Å². The SMILES string of the molecule is CC(C)c1ccccc1S(=O)(=O)C(F)(F)CF. The molecule has 1 aromatic rings. The van der Waals surface area contributed by atoms with Crippen molar-refractivity contribution in [3.8, 4) is 0 Å². The predicted octanol–water partition coefficient (Wildman–Crippen LogP) is 3.15. The number of rotatable bonds is 4. The van der Waals surface area contributed by atoms with Gasteiger partial charge < -0.3 is 0 Å². The fourth-order valence-electron chi connectivity index (χ4n) is 1.43. The summed E-state index contributed by atoms with van der Waals surface area (Å²) in [7, 11) is -4.97. The third-order valence-electron chi connectivity index (χ3n) is 2.38. The first-order valence-electron chi connectivity index (χ1n) is 5.01. The molecule has 0 unspecified atom stereocenters. The summed E-state index contributed by atoms with van der Waals surface area (Å²) in [6.07, 6.45) is 0. The van der Waals surface area contributed by atoms with Crippen LogP contribution in [0.25, 0.3) is 0 Å². The normalized spacial score (nSPS) is 13.1. The molecule has 17 heavy (non-hydrogen) atoms. The standard InChI is InChI=1S/C11H13F3O2S/c1-8(2)9-5-3-4-6-10(9)17(15,16)11(13,14)7-12/h3-6,8H,7H2,1-2H3. The molecule has 0 saturated heterocycles. The molecule has 0 bridgehead atoms. The molecule has 0 aliphatic rings. The van der Waals surface area contributed by atoms with E-state index in [2.05, 4.69) is 0 Å². The van der Waals surface area contributed by atoms with Crippen LogP contribution >= 0.6 is 0 Å². The van der Waals surface area contributed by atoms with Crippen molar-refractivity contribution in [2.24, 2.45) is 0 Å². The monoisotopic (exact) mass is 266 g/mol. The Bertz CT molecular complexity index is 495. The van der Waals surface area contributed by atoms with Gasteiger partial charge >= 0.3 is 5.25 Å². The Labute approximate surface area is 98.4 Å². The highest BCUT2D eigenvalue weighted by atomic mass is 32.2. The second-order valence-electron chi connectivity index (χ2n) is 3.97. The lowest BCUT2D eigenvalue weighted by Crippen LogP contribution is -2.32. The van der Waals surface area contributed by atoms with E-state index in [0.29, 0.717) is 0 Å². The molecule has 96 valence electrons. The van der Waals surface area contributed by atoms with E-state index in [1.54, 1.807) is 19.9 Å². The Kier molecular flexibility index (Phi) is 3.86. The molecular weight excluding hydrogens is 253 g/mol. The minimum atomic E-state index is -4.97. The number of hydrogen-bond donors (Lipinski definition) is 0. The summed E-state index contributed by atoms with van der Waals surface area (Å²) >= 11 is 0.